The van der Waals surface area contributed by atoms with Crippen LogP contribution in [0, 0.1) is 0 Å². The second-order valence-electron chi connectivity index (χ2n) is 7.49. The van der Waals surface area contributed by atoms with Crippen LogP contribution in [0.5, 0.6) is 17.2 Å². The summed E-state index contributed by atoms with van der Waals surface area (Å²) in [5, 5.41) is 14.8. The summed E-state index contributed by atoms with van der Waals surface area (Å²) in [6.45, 7) is 0. The van der Waals surface area contributed by atoms with E-state index in [9.17, 15) is 19.5 Å². The zero-order chi connectivity index (χ0) is 26.1. The van der Waals surface area contributed by atoms with Crippen LogP contribution in [0.2, 0.25) is 0 Å². The Hall–Kier alpha value is -4.79. The molecule has 0 saturated carbocycles. The van der Waals surface area contributed by atoms with E-state index in [-0.39, 0.29) is 5.70 Å². The van der Waals surface area contributed by atoms with Gasteiger partial charge in [-0.2, -0.15) is 0 Å². The lowest BCUT2D eigenvalue weighted by atomic mass is 10.1. The first-order chi connectivity index (χ1) is 17.4. The van der Waals surface area contributed by atoms with E-state index in [4.69, 9.17) is 14.2 Å². The van der Waals surface area contributed by atoms with E-state index in [1.807, 2.05) is 0 Å². The summed E-state index contributed by atoms with van der Waals surface area (Å²) in [7, 11) is 4.37. The van der Waals surface area contributed by atoms with Gasteiger partial charge in [0.2, 0.25) is 5.75 Å². The van der Waals surface area contributed by atoms with E-state index in [2.05, 4.69) is 10.6 Å². The highest BCUT2D eigenvalue weighted by Crippen LogP contribution is 2.38. The van der Waals surface area contributed by atoms with Crippen molar-refractivity contribution >= 4 is 23.9 Å². The molecule has 0 spiro atoms. The average Bonchev–Trinajstić information content (AvgIpc) is 2.91. The largest absolute Gasteiger partial charge is 0.493 e. The lowest BCUT2D eigenvalue weighted by molar-refractivity contribution is -0.141. The van der Waals surface area contributed by atoms with Crippen LogP contribution >= 0.6 is 0 Å². The van der Waals surface area contributed by atoms with Crippen LogP contribution in [0.15, 0.2) is 78.5 Å². The number of nitrogens with one attached hydrogen (secondary N) is 2. The molecule has 3 rings (SSSR count). The molecule has 0 unspecified atom stereocenters. The molecule has 3 N–H and O–H groups in total. The Labute approximate surface area is 208 Å². The monoisotopic (exact) mass is 490 g/mol. The lowest BCUT2D eigenvalue weighted by Crippen LogP contribution is -2.39. The molecule has 0 radical (unpaired) electrons. The molecule has 0 aliphatic heterocycles. The van der Waals surface area contributed by atoms with Crippen LogP contribution in [0.1, 0.15) is 27.5 Å². The van der Waals surface area contributed by atoms with Crippen molar-refractivity contribution in [3.05, 3.63) is 95.2 Å². The number of carboxylic acids is 1. The fraction of sp³-hybridized carbons (Fsp3) is 0.148. The second kappa shape index (κ2) is 12.1. The first-order valence-electron chi connectivity index (χ1n) is 10.8. The standard InChI is InChI=1S/C27H26N2O7/c1-34-21-15-17(16-22(35-2)24(21)36-3)14-20(28-25(30)19-12-8-5-9-13-19)26(31)29-23(27(32)33)18-10-6-4-7-11-18/h4-16,23H,1-3H3,(H,28,30)(H,29,31)(H,32,33)/b20-14-/t23-/m0/s1. The average molecular weight is 491 g/mol. The third-order valence-electron chi connectivity index (χ3n) is 5.18. The highest BCUT2D eigenvalue weighted by atomic mass is 16.5. The predicted molar refractivity (Wildman–Crippen MR) is 133 cm³/mol. The van der Waals surface area contributed by atoms with Crippen molar-refractivity contribution in [3.8, 4) is 17.2 Å². The molecule has 0 saturated heterocycles. The van der Waals surface area contributed by atoms with Gasteiger partial charge in [0, 0.05) is 5.56 Å². The molecule has 0 bridgehead atoms. The minimum absolute atomic E-state index is 0.180. The van der Waals surface area contributed by atoms with Gasteiger partial charge >= 0.3 is 5.97 Å². The van der Waals surface area contributed by atoms with Crippen molar-refractivity contribution in [2.45, 2.75) is 6.04 Å². The van der Waals surface area contributed by atoms with E-state index < -0.39 is 23.8 Å². The number of benzene rings is 3. The topological polar surface area (TPSA) is 123 Å². The Kier molecular flexibility index (Phi) is 8.66. The molecule has 36 heavy (non-hydrogen) atoms. The van der Waals surface area contributed by atoms with Gasteiger partial charge in [0.05, 0.1) is 21.3 Å². The zero-order valence-electron chi connectivity index (χ0n) is 20.0. The molecule has 0 fully saturated rings. The Morgan fingerprint density at radius 1 is 0.833 bits per heavy atom. The summed E-state index contributed by atoms with van der Waals surface area (Å²) in [6, 6.07) is 18.4. The molecule has 186 valence electrons. The number of carbonyl (C=O) groups is 3. The Morgan fingerprint density at radius 3 is 1.89 bits per heavy atom. The number of hydrogen-bond donors (Lipinski definition) is 3. The number of methoxy groups -OCH3 is 3. The molecule has 9 nitrogen and oxygen atoms in total. The quantitative estimate of drug-likeness (QED) is 0.372. The van der Waals surface area contributed by atoms with Gasteiger partial charge in [-0.3, -0.25) is 9.59 Å². The van der Waals surface area contributed by atoms with Gasteiger partial charge in [-0.25, -0.2) is 4.79 Å². The van der Waals surface area contributed by atoms with Gasteiger partial charge in [-0.15, -0.1) is 0 Å². The van der Waals surface area contributed by atoms with Crippen molar-refractivity contribution in [2.24, 2.45) is 0 Å². The molecule has 1 atom stereocenters. The van der Waals surface area contributed by atoms with Crippen molar-refractivity contribution in [3.63, 3.8) is 0 Å². The molecule has 9 heteroatoms. The Bertz CT molecular complexity index is 1230. The minimum atomic E-state index is -1.34. The molecular weight excluding hydrogens is 464 g/mol. The number of aliphatic carboxylic acids is 1. The number of amides is 2. The summed E-state index contributed by atoms with van der Waals surface area (Å²) in [5.74, 6) is -1.57. The molecule has 2 amide bonds. The maximum Gasteiger partial charge on any atom is 0.330 e. The molecular formula is C27H26N2O7. The van der Waals surface area contributed by atoms with Gasteiger partial charge in [0.1, 0.15) is 5.70 Å². The summed E-state index contributed by atoms with van der Waals surface area (Å²) < 4.78 is 16.1. The van der Waals surface area contributed by atoms with Crippen molar-refractivity contribution in [1.82, 2.24) is 10.6 Å². The first kappa shape index (κ1) is 25.8. The number of rotatable bonds is 10. The van der Waals surface area contributed by atoms with Crippen LogP contribution in [0.3, 0.4) is 0 Å². The second-order valence-corrected chi connectivity index (χ2v) is 7.49. The van der Waals surface area contributed by atoms with E-state index >= 15 is 0 Å². The summed E-state index contributed by atoms with van der Waals surface area (Å²) in [6.07, 6.45) is 1.39. The third kappa shape index (κ3) is 6.20. The molecule has 0 aliphatic rings. The Balaban J connectivity index is 2.03. The molecule has 0 heterocycles. The van der Waals surface area contributed by atoms with Gasteiger partial charge in [-0.1, -0.05) is 48.5 Å². The normalized spacial score (nSPS) is 11.7. The number of ether oxygens (including phenoxy) is 3. The summed E-state index contributed by atoms with van der Waals surface area (Å²) >= 11 is 0. The predicted octanol–water partition coefficient (Wildman–Crippen LogP) is 3.43. The number of carbonyl (C=O) groups excluding carboxylic acids is 2. The highest BCUT2D eigenvalue weighted by Gasteiger charge is 2.25. The maximum atomic E-state index is 13.3. The first-order valence-corrected chi connectivity index (χ1v) is 10.8. The van der Waals surface area contributed by atoms with Crippen LogP contribution in [0.25, 0.3) is 6.08 Å². The van der Waals surface area contributed by atoms with Crippen LogP contribution in [-0.4, -0.2) is 44.2 Å². The zero-order valence-corrected chi connectivity index (χ0v) is 20.0. The fourth-order valence-electron chi connectivity index (χ4n) is 3.44. The van der Waals surface area contributed by atoms with Crippen LogP contribution < -0.4 is 24.8 Å². The van der Waals surface area contributed by atoms with Gasteiger partial charge < -0.3 is 30.0 Å². The summed E-state index contributed by atoms with van der Waals surface area (Å²) in [5.41, 5.74) is 0.953. The van der Waals surface area contributed by atoms with Crippen molar-refractivity contribution < 1.29 is 33.7 Å². The van der Waals surface area contributed by atoms with Crippen molar-refractivity contribution in [1.29, 1.82) is 0 Å². The maximum absolute atomic E-state index is 13.3. The molecule has 3 aromatic carbocycles. The minimum Gasteiger partial charge on any atom is -0.493 e. The molecule has 0 aromatic heterocycles. The van der Waals surface area contributed by atoms with E-state index in [0.717, 1.165) is 0 Å². The molecule has 3 aromatic rings. The number of carboxylic acid groups (broad SMARTS) is 1. The summed E-state index contributed by atoms with van der Waals surface area (Å²) in [4.78, 5) is 38.1. The van der Waals surface area contributed by atoms with E-state index in [1.165, 1.54) is 27.4 Å². The van der Waals surface area contributed by atoms with Crippen LogP contribution in [-0.2, 0) is 9.59 Å². The van der Waals surface area contributed by atoms with E-state index in [0.29, 0.717) is 33.9 Å². The van der Waals surface area contributed by atoms with Gasteiger partial charge in [-0.05, 0) is 41.5 Å². The van der Waals surface area contributed by atoms with Crippen molar-refractivity contribution in [2.75, 3.05) is 21.3 Å². The highest BCUT2D eigenvalue weighted by molar-refractivity contribution is 6.06. The third-order valence-corrected chi connectivity index (χ3v) is 5.18. The lowest BCUT2D eigenvalue weighted by Gasteiger charge is -2.17. The van der Waals surface area contributed by atoms with Gasteiger partial charge in [0.25, 0.3) is 11.8 Å². The smallest absolute Gasteiger partial charge is 0.330 e. The Morgan fingerprint density at radius 2 is 1.39 bits per heavy atom. The van der Waals surface area contributed by atoms with Gasteiger partial charge in [0.15, 0.2) is 17.5 Å². The molecule has 0 aliphatic carbocycles. The SMILES string of the molecule is COc1cc(/C=C(\NC(=O)c2ccccc2)C(=O)N[C@H](C(=O)O)c2ccccc2)cc(OC)c1OC. The van der Waals surface area contributed by atoms with Crippen LogP contribution in [0.4, 0.5) is 0 Å². The number of hydrogen-bond acceptors (Lipinski definition) is 6. The fourth-order valence-corrected chi connectivity index (χ4v) is 3.44. The van der Waals surface area contributed by atoms with E-state index in [1.54, 1.807) is 72.8 Å².